The molecule has 0 aliphatic carbocycles. The van der Waals surface area contributed by atoms with Gasteiger partial charge < -0.3 is 15.4 Å². The van der Waals surface area contributed by atoms with Gasteiger partial charge in [0, 0.05) is 19.3 Å². The third-order valence-electron chi connectivity index (χ3n) is 2.86. The van der Waals surface area contributed by atoms with Crippen molar-refractivity contribution in [3.63, 3.8) is 0 Å². The van der Waals surface area contributed by atoms with Crippen LogP contribution in [0.15, 0.2) is 12.4 Å². The Hall–Kier alpha value is -1.40. The lowest BCUT2D eigenvalue weighted by Crippen LogP contribution is -2.41. The lowest BCUT2D eigenvalue weighted by molar-refractivity contribution is -0.120. The number of aryl methyl sites for hydroxylation is 1. The van der Waals surface area contributed by atoms with E-state index in [4.69, 9.17) is 4.74 Å². The Morgan fingerprint density at radius 2 is 2.47 bits per heavy atom. The van der Waals surface area contributed by atoms with E-state index in [0.29, 0.717) is 13.2 Å². The molecule has 94 valence electrons. The maximum Gasteiger partial charge on any atom is 0.231 e. The van der Waals surface area contributed by atoms with Crippen molar-refractivity contribution in [2.45, 2.75) is 13.0 Å². The van der Waals surface area contributed by atoms with Crippen molar-refractivity contribution in [2.24, 2.45) is 13.0 Å². The molecular formula is C11H18N4O2. The van der Waals surface area contributed by atoms with Crippen LogP contribution < -0.4 is 10.6 Å². The van der Waals surface area contributed by atoms with E-state index in [1.54, 1.807) is 17.1 Å². The number of ether oxygens (including phenoxy) is 1. The van der Waals surface area contributed by atoms with Crippen LogP contribution in [0.2, 0.25) is 0 Å². The average Bonchev–Trinajstić information content (AvgIpc) is 2.88. The number of carbonyl (C=O) groups excluding carboxylic acids is 1. The Kier molecular flexibility index (Phi) is 3.75. The van der Waals surface area contributed by atoms with E-state index < -0.39 is 0 Å². The summed E-state index contributed by atoms with van der Waals surface area (Å²) in [6.07, 6.45) is 3.41. The molecule has 2 heterocycles. The minimum Gasteiger partial charge on any atom is -0.379 e. The molecule has 17 heavy (non-hydrogen) atoms. The van der Waals surface area contributed by atoms with Crippen molar-refractivity contribution in [1.29, 1.82) is 0 Å². The normalized spacial score (nSPS) is 23.9. The van der Waals surface area contributed by atoms with Crippen LogP contribution in [0.1, 0.15) is 6.92 Å². The number of carbonyl (C=O) groups is 1. The van der Waals surface area contributed by atoms with Crippen LogP contribution in [0.4, 0.5) is 5.69 Å². The third kappa shape index (κ3) is 2.83. The molecule has 1 saturated heterocycles. The van der Waals surface area contributed by atoms with Gasteiger partial charge in [-0.05, 0) is 6.54 Å². The van der Waals surface area contributed by atoms with Crippen molar-refractivity contribution in [3.05, 3.63) is 12.4 Å². The number of amides is 1. The van der Waals surface area contributed by atoms with Gasteiger partial charge in [-0.25, -0.2) is 0 Å². The maximum atomic E-state index is 12.0. The molecule has 1 aliphatic rings. The lowest BCUT2D eigenvalue weighted by Gasteiger charge is -2.17. The topological polar surface area (TPSA) is 68.2 Å². The summed E-state index contributed by atoms with van der Waals surface area (Å²) < 4.78 is 7.00. The molecule has 6 heteroatoms. The van der Waals surface area contributed by atoms with Gasteiger partial charge in [0.25, 0.3) is 0 Å². The van der Waals surface area contributed by atoms with Crippen LogP contribution in [0, 0.1) is 5.92 Å². The smallest absolute Gasteiger partial charge is 0.231 e. The van der Waals surface area contributed by atoms with Gasteiger partial charge in [0.05, 0.1) is 31.0 Å². The highest BCUT2D eigenvalue weighted by molar-refractivity contribution is 5.93. The molecule has 1 fully saturated rings. The van der Waals surface area contributed by atoms with Gasteiger partial charge >= 0.3 is 0 Å². The standard InChI is InChI=1S/C11H18N4O2/c1-3-12-10-7-17-6-9(10)11(16)14-8-4-13-15(2)5-8/h4-5,9-10,12H,3,6-7H2,1-2H3,(H,14,16). The second-order valence-corrected chi connectivity index (χ2v) is 4.20. The van der Waals surface area contributed by atoms with Crippen molar-refractivity contribution in [1.82, 2.24) is 15.1 Å². The van der Waals surface area contributed by atoms with Crippen LogP contribution in [0.5, 0.6) is 0 Å². The van der Waals surface area contributed by atoms with E-state index in [-0.39, 0.29) is 17.9 Å². The van der Waals surface area contributed by atoms with Crippen LogP contribution in [0.3, 0.4) is 0 Å². The summed E-state index contributed by atoms with van der Waals surface area (Å²) in [6, 6.07) is 0.108. The highest BCUT2D eigenvalue weighted by Crippen LogP contribution is 2.16. The largest absolute Gasteiger partial charge is 0.379 e. The predicted octanol–water partition coefficient (Wildman–Crippen LogP) is -0.0169. The summed E-state index contributed by atoms with van der Waals surface area (Å²) in [5.41, 5.74) is 0.722. The summed E-state index contributed by atoms with van der Waals surface area (Å²) in [6.45, 7) is 3.93. The Morgan fingerprint density at radius 1 is 1.65 bits per heavy atom. The van der Waals surface area contributed by atoms with Gasteiger partial charge in [-0.1, -0.05) is 6.92 Å². The summed E-state index contributed by atoms with van der Waals surface area (Å²) in [4.78, 5) is 12.0. The number of nitrogens with one attached hydrogen (secondary N) is 2. The summed E-state index contributed by atoms with van der Waals surface area (Å²) in [5, 5.41) is 10.1. The quantitative estimate of drug-likeness (QED) is 0.773. The van der Waals surface area contributed by atoms with Gasteiger partial charge in [0.15, 0.2) is 0 Å². The zero-order valence-electron chi connectivity index (χ0n) is 10.1. The molecule has 2 rings (SSSR count). The Balaban J connectivity index is 1.95. The molecule has 0 saturated carbocycles. The fourth-order valence-electron chi connectivity index (χ4n) is 2.00. The third-order valence-corrected chi connectivity index (χ3v) is 2.86. The van der Waals surface area contributed by atoms with E-state index in [9.17, 15) is 4.79 Å². The number of aromatic nitrogens is 2. The van der Waals surface area contributed by atoms with Crippen LogP contribution in [0.25, 0.3) is 0 Å². The first kappa shape index (κ1) is 12.1. The number of likely N-dealkylation sites (N-methyl/N-ethyl adjacent to an activating group) is 1. The Labute approximate surface area is 100 Å². The first-order valence-corrected chi connectivity index (χ1v) is 5.81. The highest BCUT2D eigenvalue weighted by atomic mass is 16.5. The molecule has 0 aromatic carbocycles. The number of anilines is 1. The number of rotatable bonds is 4. The van der Waals surface area contributed by atoms with Gasteiger partial charge in [-0.15, -0.1) is 0 Å². The fourth-order valence-corrected chi connectivity index (χ4v) is 2.00. The van der Waals surface area contributed by atoms with Crippen LogP contribution in [-0.2, 0) is 16.6 Å². The zero-order chi connectivity index (χ0) is 12.3. The molecule has 2 unspecified atom stereocenters. The molecule has 1 aromatic heterocycles. The van der Waals surface area contributed by atoms with Gasteiger partial charge in [-0.3, -0.25) is 9.48 Å². The zero-order valence-corrected chi connectivity index (χ0v) is 10.1. The van der Waals surface area contributed by atoms with E-state index in [1.807, 2.05) is 14.0 Å². The molecule has 2 N–H and O–H groups in total. The van der Waals surface area contributed by atoms with Crippen LogP contribution in [-0.4, -0.2) is 41.5 Å². The summed E-state index contributed by atoms with van der Waals surface area (Å²) in [5.74, 6) is -0.142. The maximum absolute atomic E-state index is 12.0. The molecule has 6 nitrogen and oxygen atoms in total. The minimum absolute atomic E-state index is 0.0125. The monoisotopic (exact) mass is 238 g/mol. The average molecular weight is 238 g/mol. The number of hydrogen-bond acceptors (Lipinski definition) is 4. The first-order valence-electron chi connectivity index (χ1n) is 5.81. The highest BCUT2D eigenvalue weighted by Gasteiger charge is 2.33. The van der Waals surface area contributed by atoms with E-state index in [0.717, 1.165) is 12.2 Å². The van der Waals surface area contributed by atoms with Crippen molar-refractivity contribution in [3.8, 4) is 0 Å². The second kappa shape index (κ2) is 5.29. The minimum atomic E-state index is -0.129. The molecule has 1 amide bonds. The number of hydrogen-bond donors (Lipinski definition) is 2. The predicted molar refractivity (Wildman–Crippen MR) is 63.6 cm³/mol. The Bertz CT molecular complexity index is 391. The van der Waals surface area contributed by atoms with Crippen LogP contribution >= 0.6 is 0 Å². The molecular weight excluding hydrogens is 220 g/mol. The van der Waals surface area contributed by atoms with Gasteiger partial charge in [-0.2, -0.15) is 5.10 Å². The van der Waals surface area contributed by atoms with Crippen molar-refractivity contribution >= 4 is 11.6 Å². The van der Waals surface area contributed by atoms with Gasteiger partial charge in [0.2, 0.25) is 5.91 Å². The fraction of sp³-hybridized carbons (Fsp3) is 0.636. The number of nitrogens with zero attached hydrogens (tertiary/aromatic N) is 2. The van der Waals surface area contributed by atoms with E-state index in [2.05, 4.69) is 15.7 Å². The molecule has 0 radical (unpaired) electrons. The molecule has 1 aromatic rings. The van der Waals surface area contributed by atoms with E-state index >= 15 is 0 Å². The van der Waals surface area contributed by atoms with E-state index in [1.165, 1.54) is 0 Å². The molecule has 2 atom stereocenters. The summed E-state index contributed by atoms with van der Waals surface area (Å²) >= 11 is 0. The summed E-state index contributed by atoms with van der Waals surface area (Å²) in [7, 11) is 1.82. The molecule has 0 bridgehead atoms. The second-order valence-electron chi connectivity index (χ2n) is 4.20. The first-order chi connectivity index (χ1) is 8.20. The van der Waals surface area contributed by atoms with Crippen molar-refractivity contribution in [2.75, 3.05) is 25.1 Å². The van der Waals surface area contributed by atoms with Crippen molar-refractivity contribution < 1.29 is 9.53 Å². The molecule has 1 aliphatic heterocycles. The molecule has 0 spiro atoms. The lowest BCUT2D eigenvalue weighted by atomic mass is 10.0. The SMILES string of the molecule is CCNC1COCC1C(=O)Nc1cnn(C)c1. The Morgan fingerprint density at radius 3 is 3.12 bits per heavy atom. The van der Waals surface area contributed by atoms with Gasteiger partial charge in [0.1, 0.15) is 0 Å².